The number of hydrogen-bond donors (Lipinski definition) is 0. The molecule has 0 bridgehead atoms. The maximum Gasteiger partial charge on any atom is 0.135 e. The normalized spacial score (nSPS) is 14.9. The molecule has 1 aromatic heterocycles. The summed E-state index contributed by atoms with van der Waals surface area (Å²) in [7, 11) is 0. The van der Waals surface area contributed by atoms with E-state index in [0.717, 1.165) is 34.0 Å². The molecule has 0 saturated heterocycles. The van der Waals surface area contributed by atoms with Crippen LogP contribution < -0.4 is 4.90 Å². The van der Waals surface area contributed by atoms with E-state index in [-0.39, 0.29) is 11.3 Å². The van der Waals surface area contributed by atoms with E-state index in [1.807, 2.05) is 12.1 Å². The number of fused-ring (bicyclic) bond motifs is 6. The van der Waals surface area contributed by atoms with Crippen LogP contribution in [-0.2, 0) is 5.41 Å². The summed E-state index contributed by atoms with van der Waals surface area (Å²) in [5, 5.41) is 2.30. The van der Waals surface area contributed by atoms with Crippen molar-refractivity contribution in [2.75, 3.05) is 4.90 Å². The van der Waals surface area contributed by atoms with Crippen LogP contribution >= 0.6 is 0 Å². The van der Waals surface area contributed by atoms with Crippen LogP contribution in [0.25, 0.3) is 44.2 Å². The highest BCUT2D eigenvalue weighted by molar-refractivity contribution is 6.06. The molecule has 0 fully saturated rings. The summed E-state index contributed by atoms with van der Waals surface area (Å²) >= 11 is 0. The molecule has 0 N–H and O–H groups in total. The van der Waals surface area contributed by atoms with Crippen LogP contribution in [0.2, 0.25) is 0 Å². The third-order valence-electron chi connectivity index (χ3n) is 10.1. The summed E-state index contributed by atoms with van der Waals surface area (Å²) in [6, 6.07) is 39.7. The molecule has 1 unspecified atom stereocenters. The van der Waals surface area contributed by atoms with Gasteiger partial charge in [0.2, 0.25) is 0 Å². The topological polar surface area (TPSA) is 16.4 Å². The summed E-state index contributed by atoms with van der Waals surface area (Å²) in [6.07, 6.45) is 9.98. The zero-order valence-electron chi connectivity index (χ0n) is 28.3. The first kappa shape index (κ1) is 30.6. The van der Waals surface area contributed by atoms with Crippen molar-refractivity contribution < 1.29 is 4.42 Å². The van der Waals surface area contributed by atoms with Gasteiger partial charge in [-0.05, 0) is 96.1 Å². The van der Waals surface area contributed by atoms with Crippen LogP contribution in [0.15, 0.2) is 149 Å². The lowest BCUT2D eigenvalue weighted by Crippen LogP contribution is -2.23. The fourth-order valence-corrected chi connectivity index (χ4v) is 7.29. The number of furan rings is 1. The monoisotopic (exact) mass is 613 g/mol. The van der Waals surface area contributed by atoms with Crippen LogP contribution in [0.5, 0.6) is 0 Å². The summed E-state index contributed by atoms with van der Waals surface area (Å²) in [4.78, 5) is 2.46. The predicted octanol–water partition coefficient (Wildman–Crippen LogP) is 13.1. The van der Waals surface area contributed by atoms with Gasteiger partial charge in [0.15, 0.2) is 0 Å². The van der Waals surface area contributed by atoms with Crippen molar-refractivity contribution in [2.24, 2.45) is 5.92 Å². The molecule has 1 heterocycles. The molecule has 234 valence electrons. The molecule has 1 atom stereocenters. The Labute approximate surface area is 279 Å². The average Bonchev–Trinajstić information content (AvgIpc) is 3.58. The third kappa shape index (κ3) is 5.32. The van der Waals surface area contributed by atoms with Crippen molar-refractivity contribution in [1.29, 1.82) is 0 Å². The van der Waals surface area contributed by atoms with Gasteiger partial charge in [0.25, 0.3) is 0 Å². The highest BCUT2D eigenvalue weighted by atomic mass is 16.3. The lowest BCUT2D eigenvalue weighted by Gasteiger charge is -2.33. The lowest BCUT2D eigenvalue weighted by molar-refractivity contribution is 0.660. The van der Waals surface area contributed by atoms with Gasteiger partial charge < -0.3 is 9.32 Å². The average molecular weight is 614 g/mol. The fourth-order valence-electron chi connectivity index (χ4n) is 7.29. The first-order valence-corrected chi connectivity index (χ1v) is 16.9. The summed E-state index contributed by atoms with van der Waals surface area (Å²) in [6.45, 7) is 13.6. The van der Waals surface area contributed by atoms with E-state index in [4.69, 9.17) is 4.42 Å². The van der Waals surface area contributed by atoms with Crippen molar-refractivity contribution in [3.63, 3.8) is 0 Å². The Morgan fingerprint density at radius 1 is 0.745 bits per heavy atom. The quantitative estimate of drug-likeness (QED) is 0.159. The molecule has 0 aliphatic heterocycles. The number of para-hydroxylation sites is 1. The second kappa shape index (κ2) is 12.3. The second-order valence-electron chi connectivity index (χ2n) is 13.3. The molecule has 5 aromatic carbocycles. The van der Waals surface area contributed by atoms with Crippen LogP contribution in [0.1, 0.15) is 59.1 Å². The van der Waals surface area contributed by atoms with Crippen molar-refractivity contribution in [3.05, 3.63) is 156 Å². The van der Waals surface area contributed by atoms with Gasteiger partial charge in [0.05, 0.1) is 0 Å². The predicted molar refractivity (Wildman–Crippen MR) is 201 cm³/mol. The molecular weight excluding hydrogens is 571 g/mol. The van der Waals surface area contributed by atoms with Crippen LogP contribution in [0, 0.1) is 5.92 Å². The smallest absolute Gasteiger partial charge is 0.135 e. The molecule has 6 aromatic rings. The number of benzene rings is 5. The molecule has 0 spiro atoms. The van der Waals surface area contributed by atoms with E-state index in [2.05, 4.69) is 168 Å². The minimum atomic E-state index is -0.0736. The molecule has 47 heavy (non-hydrogen) atoms. The Morgan fingerprint density at radius 3 is 2.21 bits per heavy atom. The van der Waals surface area contributed by atoms with E-state index < -0.39 is 0 Å². The standard InChI is InChI=1S/C45H43NO/c1-7-9-10-15-30(3)31(4)42(8-2)46(35-25-26-37-36-16-11-13-18-40(36)45(5,6)41(37)29-35)34-23-20-32(21-24-34)33-22-27-44-39(28-33)38-17-12-14-19-43(38)47-44/h8-29,31H,7H2,1-6H3/b10-9-,30-15+,42-8+. The third-order valence-corrected chi connectivity index (χ3v) is 10.1. The molecule has 2 heteroatoms. The first-order chi connectivity index (χ1) is 22.8. The molecule has 0 amide bonds. The Bertz CT molecular complexity index is 2190. The highest BCUT2D eigenvalue weighted by Crippen LogP contribution is 2.50. The first-order valence-electron chi connectivity index (χ1n) is 16.9. The van der Waals surface area contributed by atoms with E-state index in [1.54, 1.807) is 0 Å². The number of rotatable bonds is 8. The minimum Gasteiger partial charge on any atom is -0.456 e. The molecule has 0 radical (unpaired) electrons. The molecule has 7 rings (SSSR count). The van der Waals surface area contributed by atoms with Crippen LogP contribution in [0.4, 0.5) is 11.4 Å². The van der Waals surface area contributed by atoms with Gasteiger partial charge in [-0.1, -0.05) is 124 Å². The number of nitrogens with zero attached hydrogens (tertiary/aromatic N) is 1. The van der Waals surface area contributed by atoms with E-state index in [9.17, 15) is 0 Å². The largest absolute Gasteiger partial charge is 0.456 e. The van der Waals surface area contributed by atoms with Crippen LogP contribution in [0.3, 0.4) is 0 Å². The van der Waals surface area contributed by atoms with Crippen molar-refractivity contribution in [2.45, 2.75) is 53.4 Å². The Balaban J connectivity index is 1.32. The van der Waals surface area contributed by atoms with Gasteiger partial charge in [-0.25, -0.2) is 0 Å². The summed E-state index contributed by atoms with van der Waals surface area (Å²) < 4.78 is 6.10. The van der Waals surface area contributed by atoms with Gasteiger partial charge in [-0.15, -0.1) is 0 Å². The Kier molecular flexibility index (Phi) is 7.98. The zero-order chi connectivity index (χ0) is 32.7. The van der Waals surface area contributed by atoms with E-state index in [1.165, 1.54) is 50.3 Å². The number of hydrogen-bond acceptors (Lipinski definition) is 2. The Hall–Kier alpha value is -5.08. The fraction of sp³-hybridized carbons (Fsp3) is 0.200. The SMILES string of the molecule is C/C=C(\C(C)/C(C)=C/C=C\CC)N(c1ccc(-c2ccc3oc4ccccc4c3c2)cc1)c1ccc2c(c1)C(C)(C)c1ccccc1-2. The summed E-state index contributed by atoms with van der Waals surface area (Å²) in [5.74, 6) is 0.219. The molecule has 1 aliphatic carbocycles. The maximum absolute atomic E-state index is 6.10. The number of allylic oxidation sites excluding steroid dienone is 5. The number of anilines is 2. The highest BCUT2D eigenvalue weighted by Gasteiger charge is 2.36. The minimum absolute atomic E-state index is 0.0736. The van der Waals surface area contributed by atoms with Gasteiger partial charge in [0, 0.05) is 39.2 Å². The molecule has 2 nitrogen and oxygen atoms in total. The molecule has 1 aliphatic rings. The van der Waals surface area contributed by atoms with Gasteiger partial charge in [-0.2, -0.15) is 0 Å². The molecule has 0 saturated carbocycles. The summed E-state index contributed by atoms with van der Waals surface area (Å²) in [5.41, 5.74) is 14.5. The van der Waals surface area contributed by atoms with Crippen molar-refractivity contribution >= 4 is 33.3 Å². The van der Waals surface area contributed by atoms with Gasteiger partial charge >= 0.3 is 0 Å². The van der Waals surface area contributed by atoms with Gasteiger partial charge in [-0.3, -0.25) is 0 Å². The van der Waals surface area contributed by atoms with Crippen molar-refractivity contribution in [3.8, 4) is 22.3 Å². The molecular formula is C45H43NO. The second-order valence-corrected chi connectivity index (χ2v) is 13.3. The Morgan fingerprint density at radius 2 is 1.43 bits per heavy atom. The lowest BCUT2D eigenvalue weighted by atomic mass is 9.82. The maximum atomic E-state index is 6.10. The van der Waals surface area contributed by atoms with E-state index >= 15 is 0 Å². The van der Waals surface area contributed by atoms with Crippen LogP contribution in [-0.4, -0.2) is 0 Å². The zero-order valence-corrected chi connectivity index (χ0v) is 28.3. The van der Waals surface area contributed by atoms with Gasteiger partial charge in [0.1, 0.15) is 11.2 Å². The van der Waals surface area contributed by atoms with E-state index in [0.29, 0.717) is 0 Å². The van der Waals surface area contributed by atoms with Crippen molar-refractivity contribution in [1.82, 2.24) is 0 Å².